The van der Waals surface area contributed by atoms with Crippen LogP contribution in [0.4, 0.5) is 11.5 Å². The van der Waals surface area contributed by atoms with Crippen molar-refractivity contribution in [2.24, 2.45) is 7.05 Å². The molecule has 102 valence electrons. The number of nitro groups is 1. The summed E-state index contributed by atoms with van der Waals surface area (Å²) in [6, 6.07) is 7.85. The highest BCUT2D eigenvalue weighted by Crippen LogP contribution is 2.18. The van der Waals surface area contributed by atoms with Crippen LogP contribution >= 0.6 is 0 Å². The monoisotopic (exact) mass is 272 g/mol. The molecule has 1 aromatic carbocycles. The van der Waals surface area contributed by atoms with E-state index >= 15 is 0 Å². The van der Waals surface area contributed by atoms with Crippen LogP contribution in [-0.2, 0) is 11.8 Å². The van der Waals surface area contributed by atoms with Crippen molar-refractivity contribution < 1.29 is 9.72 Å². The molecule has 0 spiro atoms. The molecular formula is C13H12N4O3. The zero-order chi connectivity index (χ0) is 14.5. The molecule has 0 radical (unpaired) electrons. The highest BCUT2D eigenvalue weighted by atomic mass is 16.6. The third kappa shape index (κ3) is 3.29. The number of anilines is 1. The van der Waals surface area contributed by atoms with Crippen LogP contribution in [0, 0.1) is 10.1 Å². The molecule has 7 heteroatoms. The second kappa shape index (κ2) is 5.79. The fraction of sp³-hybridized carbons (Fsp3) is 0.0769. The number of rotatable bonds is 4. The van der Waals surface area contributed by atoms with Crippen molar-refractivity contribution in [3.63, 3.8) is 0 Å². The Morgan fingerprint density at radius 1 is 1.40 bits per heavy atom. The molecule has 0 bridgehead atoms. The Bertz CT molecular complexity index is 676. The number of nitro benzene ring substituents is 1. The molecule has 1 N–H and O–H groups in total. The summed E-state index contributed by atoms with van der Waals surface area (Å²) in [6.45, 7) is 0. The molecule has 0 atom stereocenters. The van der Waals surface area contributed by atoms with Crippen molar-refractivity contribution in [3.8, 4) is 0 Å². The molecule has 0 saturated heterocycles. The predicted molar refractivity (Wildman–Crippen MR) is 74.0 cm³/mol. The van der Waals surface area contributed by atoms with Crippen LogP contribution in [0.3, 0.4) is 0 Å². The van der Waals surface area contributed by atoms with Crippen molar-refractivity contribution in [3.05, 3.63) is 58.3 Å². The SMILES string of the molecule is Cn1ccc(NC(=O)C=Cc2ccccc2[N+](=O)[O-])n1. The summed E-state index contributed by atoms with van der Waals surface area (Å²) in [6.07, 6.45) is 4.33. The molecule has 2 rings (SSSR count). The fourth-order valence-corrected chi connectivity index (χ4v) is 1.61. The van der Waals surface area contributed by atoms with E-state index in [0.29, 0.717) is 11.4 Å². The van der Waals surface area contributed by atoms with Crippen LogP contribution in [0.25, 0.3) is 6.08 Å². The van der Waals surface area contributed by atoms with Crippen LogP contribution in [0.1, 0.15) is 5.56 Å². The van der Waals surface area contributed by atoms with E-state index in [4.69, 9.17) is 0 Å². The maximum Gasteiger partial charge on any atom is 0.276 e. The molecule has 0 aliphatic carbocycles. The Balaban J connectivity index is 2.09. The number of amides is 1. The normalized spacial score (nSPS) is 10.7. The van der Waals surface area contributed by atoms with Gasteiger partial charge in [-0.25, -0.2) is 0 Å². The lowest BCUT2D eigenvalue weighted by atomic mass is 10.1. The highest BCUT2D eigenvalue weighted by Gasteiger charge is 2.09. The summed E-state index contributed by atoms with van der Waals surface area (Å²) >= 11 is 0. The lowest BCUT2D eigenvalue weighted by Crippen LogP contribution is -2.08. The molecule has 1 aromatic heterocycles. The highest BCUT2D eigenvalue weighted by molar-refractivity contribution is 6.01. The first kappa shape index (κ1) is 13.5. The molecule has 7 nitrogen and oxygen atoms in total. The number of hydrogen-bond donors (Lipinski definition) is 1. The molecule has 0 aliphatic heterocycles. The molecule has 0 saturated carbocycles. The van der Waals surface area contributed by atoms with Crippen molar-refractivity contribution in [1.29, 1.82) is 0 Å². The van der Waals surface area contributed by atoms with Gasteiger partial charge in [0.15, 0.2) is 5.82 Å². The third-order valence-corrected chi connectivity index (χ3v) is 2.51. The van der Waals surface area contributed by atoms with Gasteiger partial charge in [0.25, 0.3) is 5.69 Å². The first-order chi connectivity index (χ1) is 9.56. The van der Waals surface area contributed by atoms with E-state index in [0.717, 1.165) is 0 Å². The van der Waals surface area contributed by atoms with Gasteiger partial charge < -0.3 is 5.32 Å². The number of carbonyl (C=O) groups is 1. The minimum absolute atomic E-state index is 0.0469. The van der Waals surface area contributed by atoms with Crippen LogP contribution in [0.15, 0.2) is 42.6 Å². The Morgan fingerprint density at radius 3 is 2.80 bits per heavy atom. The molecule has 1 amide bonds. The van der Waals surface area contributed by atoms with Gasteiger partial charge in [0.1, 0.15) is 0 Å². The van der Waals surface area contributed by atoms with Gasteiger partial charge in [-0.2, -0.15) is 5.10 Å². The van der Waals surface area contributed by atoms with Gasteiger partial charge in [0.05, 0.1) is 10.5 Å². The van der Waals surface area contributed by atoms with Gasteiger partial charge in [0.2, 0.25) is 5.91 Å². The number of nitrogens with zero attached hydrogens (tertiary/aromatic N) is 3. The van der Waals surface area contributed by atoms with Gasteiger partial charge in [0, 0.05) is 31.5 Å². The van der Waals surface area contributed by atoms with Gasteiger partial charge in [-0.05, 0) is 12.1 Å². The van der Waals surface area contributed by atoms with Crippen molar-refractivity contribution in [2.75, 3.05) is 5.32 Å². The van der Waals surface area contributed by atoms with E-state index in [2.05, 4.69) is 10.4 Å². The first-order valence-electron chi connectivity index (χ1n) is 5.78. The van der Waals surface area contributed by atoms with Gasteiger partial charge >= 0.3 is 0 Å². The number of hydrogen-bond acceptors (Lipinski definition) is 4. The Morgan fingerprint density at radius 2 is 2.15 bits per heavy atom. The zero-order valence-electron chi connectivity index (χ0n) is 10.7. The first-order valence-corrected chi connectivity index (χ1v) is 5.78. The van der Waals surface area contributed by atoms with Gasteiger partial charge in [-0.1, -0.05) is 12.1 Å². The summed E-state index contributed by atoms with van der Waals surface area (Å²) in [7, 11) is 1.73. The minimum Gasteiger partial charge on any atom is -0.306 e. The van der Waals surface area contributed by atoms with E-state index in [-0.39, 0.29) is 5.69 Å². The second-order valence-corrected chi connectivity index (χ2v) is 4.01. The quantitative estimate of drug-likeness (QED) is 0.523. The molecule has 0 unspecified atom stereocenters. The maximum atomic E-state index is 11.7. The van der Waals surface area contributed by atoms with E-state index in [9.17, 15) is 14.9 Å². The topological polar surface area (TPSA) is 90.1 Å². The van der Waals surface area contributed by atoms with E-state index in [1.807, 2.05) is 0 Å². The summed E-state index contributed by atoms with van der Waals surface area (Å²) < 4.78 is 1.56. The predicted octanol–water partition coefficient (Wildman–Crippen LogP) is 1.98. The summed E-state index contributed by atoms with van der Waals surface area (Å²) in [5.74, 6) is 0.0200. The smallest absolute Gasteiger partial charge is 0.276 e. The number of aryl methyl sites for hydroxylation is 1. The third-order valence-electron chi connectivity index (χ3n) is 2.51. The largest absolute Gasteiger partial charge is 0.306 e. The standard InChI is InChI=1S/C13H12N4O3/c1-16-9-8-12(15-16)14-13(18)7-6-10-4-2-3-5-11(10)17(19)20/h2-9H,1H3,(H,14,15,18). The number of carbonyl (C=O) groups excluding carboxylic acids is 1. The number of nitrogens with one attached hydrogen (secondary N) is 1. The summed E-state index contributed by atoms with van der Waals surface area (Å²) in [5.41, 5.74) is 0.322. The van der Waals surface area contributed by atoms with Crippen LogP contribution in [0.5, 0.6) is 0 Å². The lowest BCUT2D eigenvalue weighted by Gasteiger charge is -1.98. The maximum absolute atomic E-state index is 11.7. The Labute approximate surface area is 114 Å². The average molecular weight is 272 g/mol. The fourth-order valence-electron chi connectivity index (χ4n) is 1.61. The molecule has 20 heavy (non-hydrogen) atoms. The molecule has 0 fully saturated rings. The lowest BCUT2D eigenvalue weighted by molar-refractivity contribution is -0.385. The van der Waals surface area contributed by atoms with Crippen LogP contribution in [-0.4, -0.2) is 20.6 Å². The Kier molecular flexibility index (Phi) is 3.90. The molecular weight excluding hydrogens is 260 g/mol. The van der Waals surface area contributed by atoms with Crippen molar-refractivity contribution in [1.82, 2.24) is 9.78 Å². The van der Waals surface area contributed by atoms with Crippen molar-refractivity contribution in [2.45, 2.75) is 0 Å². The van der Waals surface area contributed by atoms with Gasteiger partial charge in [-0.3, -0.25) is 19.6 Å². The summed E-state index contributed by atoms with van der Waals surface area (Å²) in [5, 5.41) is 17.4. The number of aromatic nitrogens is 2. The number of benzene rings is 1. The zero-order valence-corrected chi connectivity index (χ0v) is 10.7. The van der Waals surface area contributed by atoms with E-state index < -0.39 is 10.8 Å². The average Bonchev–Trinajstić information content (AvgIpc) is 2.82. The van der Waals surface area contributed by atoms with Crippen LogP contribution in [0.2, 0.25) is 0 Å². The Hall–Kier alpha value is -2.96. The second-order valence-electron chi connectivity index (χ2n) is 4.01. The summed E-state index contributed by atoms with van der Waals surface area (Å²) in [4.78, 5) is 22.0. The van der Waals surface area contributed by atoms with Gasteiger partial charge in [-0.15, -0.1) is 0 Å². The van der Waals surface area contributed by atoms with Crippen LogP contribution < -0.4 is 5.32 Å². The molecule has 0 aliphatic rings. The number of para-hydroxylation sites is 1. The van der Waals surface area contributed by atoms with E-state index in [1.165, 1.54) is 18.2 Å². The molecule has 1 heterocycles. The van der Waals surface area contributed by atoms with E-state index in [1.54, 1.807) is 42.2 Å². The molecule has 2 aromatic rings. The minimum atomic E-state index is -0.490. The van der Waals surface area contributed by atoms with Crippen molar-refractivity contribution >= 4 is 23.5 Å².